The van der Waals surface area contributed by atoms with Gasteiger partial charge in [-0.15, -0.1) is 12.4 Å². The summed E-state index contributed by atoms with van der Waals surface area (Å²) in [4.78, 5) is 2.48. The molecule has 1 saturated heterocycles. The highest BCUT2D eigenvalue weighted by Gasteiger charge is 2.15. The number of likely N-dealkylation sites (tertiary alicyclic amines) is 1. The highest BCUT2D eigenvalue weighted by Crippen LogP contribution is 2.36. The first kappa shape index (κ1) is 26.8. The molecular weight excluding hydrogens is 458 g/mol. The van der Waals surface area contributed by atoms with Crippen LogP contribution in [-0.2, 0) is 0 Å². The van der Waals surface area contributed by atoms with Crippen molar-refractivity contribution in [3.63, 3.8) is 0 Å². The molecule has 0 aromatic heterocycles. The fourth-order valence-electron chi connectivity index (χ4n) is 4.65. The van der Waals surface area contributed by atoms with Gasteiger partial charge >= 0.3 is 0 Å². The summed E-state index contributed by atoms with van der Waals surface area (Å²) in [5, 5.41) is 19.4. The van der Waals surface area contributed by atoms with Crippen LogP contribution in [0.25, 0.3) is 11.1 Å². The summed E-state index contributed by atoms with van der Waals surface area (Å²) in [6.45, 7) is 4.17. The third-order valence-electron chi connectivity index (χ3n) is 6.43. The molecule has 4 rings (SSSR count). The molecule has 2 N–H and O–H groups in total. The van der Waals surface area contributed by atoms with Crippen LogP contribution in [0.5, 0.6) is 11.5 Å². The zero-order valence-corrected chi connectivity index (χ0v) is 21.1. The van der Waals surface area contributed by atoms with Gasteiger partial charge in [0.2, 0.25) is 0 Å². The van der Waals surface area contributed by atoms with Gasteiger partial charge in [0.05, 0.1) is 0 Å². The van der Waals surface area contributed by atoms with Crippen LogP contribution in [0.3, 0.4) is 0 Å². The topological polar surface area (TPSA) is 52.9 Å². The number of rotatable bonds is 10. The Labute approximate surface area is 215 Å². The molecule has 0 unspecified atom stereocenters. The molecule has 0 saturated carbocycles. The number of aliphatic hydroxyl groups excluding tert-OH is 1. The van der Waals surface area contributed by atoms with Gasteiger partial charge in [0.25, 0.3) is 0 Å². The Hall–Kier alpha value is -2.79. The van der Waals surface area contributed by atoms with Crippen LogP contribution in [-0.4, -0.2) is 48.0 Å². The molecule has 0 amide bonds. The molecule has 1 fully saturated rings. The van der Waals surface area contributed by atoms with Crippen molar-refractivity contribution in [1.29, 1.82) is 0 Å². The SMILES string of the molecule is Cl.OCCC/C(=C(\c1ccc(O)cc1)c1ccc(OCCN2CCCCC2)cc1)c1ccccc1. The van der Waals surface area contributed by atoms with E-state index in [1.165, 1.54) is 37.9 Å². The number of hydrogen-bond acceptors (Lipinski definition) is 4. The third kappa shape index (κ3) is 7.60. The smallest absolute Gasteiger partial charge is 0.119 e. The van der Waals surface area contributed by atoms with E-state index in [9.17, 15) is 10.2 Å². The lowest BCUT2D eigenvalue weighted by atomic mass is 9.87. The number of phenolic OH excluding ortho intramolecular Hbond substituents is 1. The van der Waals surface area contributed by atoms with Crippen LogP contribution < -0.4 is 4.74 Å². The molecule has 1 aliphatic heterocycles. The summed E-state index contributed by atoms with van der Waals surface area (Å²) in [7, 11) is 0. The lowest BCUT2D eigenvalue weighted by Crippen LogP contribution is -2.33. The van der Waals surface area contributed by atoms with Crippen LogP contribution in [0.15, 0.2) is 78.9 Å². The first-order valence-corrected chi connectivity index (χ1v) is 12.4. The lowest BCUT2D eigenvalue weighted by molar-refractivity contribution is 0.183. The molecule has 0 spiro atoms. The summed E-state index contributed by atoms with van der Waals surface area (Å²) in [5.41, 5.74) is 5.55. The number of aromatic hydroxyl groups is 1. The van der Waals surface area contributed by atoms with E-state index < -0.39 is 0 Å². The standard InChI is InChI=1S/C30H35NO3.ClH/c32-22-7-10-29(24-8-3-1-4-9-24)30(25-11-15-27(33)16-12-25)26-13-17-28(18-14-26)34-23-21-31-19-5-2-6-20-31;/h1,3-4,8-9,11-18,32-33H,2,5-7,10,19-23H2;1H/b30-29-;. The van der Waals surface area contributed by atoms with Gasteiger partial charge in [0.1, 0.15) is 18.1 Å². The molecule has 5 heteroatoms. The van der Waals surface area contributed by atoms with Crippen molar-refractivity contribution in [2.75, 3.05) is 32.8 Å². The molecular formula is C30H36ClNO3. The minimum absolute atomic E-state index is 0. The van der Waals surface area contributed by atoms with Gasteiger partial charge in [-0.3, -0.25) is 4.90 Å². The second-order valence-corrected chi connectivity index (χ2v) is 8.87. The average Bonchev–Trinajstić information content (AvgIpc) is 2.89. The number of allylic oxidation sites excluding steroid dienone is 1. The van der Waals surface area contributed by atoms with Gasteiger partial charge < -0.3 is 14.9 Å². The maximum absolute atomic E-state index is 9.85. The van der Waals surface area contributed by atoms with E-state index in [0.29, 0.717) is 13.0 Å². The van der Waals surface area contributed by atoms with Gasteiger partial charge in [0.15, 0.2) is 0 Å². The van der Waals surface area contributed by atoms with Crippen molar-refractivity contribution in [2.45, 2.75) is 32.1 Å². The summed E-state index contributed by atoms with van der Waals surface area (Å²) >= 11 is 0. The number of piperidine rings is 1. The Kier molecular flexibility index (Phi) is 10.7. The number of hydrogen-bond donors (Lipinski definition) is 2. The van der Waals surface area contributed by atoms with Gasteiger partial charge in [-0.25, -0.2) is 0 Å². The maximum atomic E-state index is 9.85. The maximum Gasteiger partial charge on any atom is 0.119 e. The van der Waals surface area contributed by atoms with Crippen molar-refractivity contribution in [3.05, 3.63) is 95.6 Å². The van der Waals surface area contributed by atoms with Crippen molar-refractivity contribution < 1.29 is 14.9 Å². The average molecular weight is 494 g/mol. The normalized spacial score (nSPS) is 14.7. The summed E-state index contributed by atoms with van der Waals surface area (Å²) in [6.07, 6.45) is 5.37. The monoisotopic (exact) mass is 493 g/mol. The Morgan fingerprint density at radius 3 is 2.03 bits per heavy atom. The molecule has 35 heavy (non-hydrogen) atoms. The van der Waals surface area contributed by atoms with E-state index in [-0.39, 0.29) is 24.8 Å². The highest BCUT2D eigenvalue weighted by molar-refractivity contribution is 5.98. The molecule has 0 bridgehead atoms. The van der Waals surface area contributed by atoms with E-state index in [0.717, 1.165) is 41.0 Å². The minimum atomic E-state index is 0. The van der Waals surface area contributed by atoms with Crippen molar-refractivity contribution in [2.24, 2.45) is 0 Å². The van der Waals surface area contributed by atoms with E-state index in [1.54, 1.807) is 12.1 Å². The zero-order valence-electron chi connectivity index (χ0n) is 20.2. The fourth-order valence-corrected chi connectivity index (χ4v) is 4.65. The van der Waals surface area contributed by atoms with Crippen molar-refractivity contribution in [3.8, 4) is 11.5 Å². The first-order valence-electron chi connectivity index (χ1n) is 12.4. The predicted octanol–water partition coefficient (Wildman–Crippen LogP) is 6.41. The van der Waals surface area contributed by atoms with Crippen LogP contribution in [0.4, 0.5) is 0 Å². The molecule has 4 nitrogen and oxygen atoms in total. The molecule has 186 valence electrons. The molecule has 0 radical (unpaired) electrons. The third-order valence-corrected chi connectivity index (χ3v) is 6.43. The van der Waals surface area contributed by atoms with Crippen LogP contribution in [0, 0.1) is 0 Å². The van der Waals surface area contributed by atoms with Gasteiger partial charge in [0, 0.05) is 13.2 Å². The number of phenols is 1. The summed E-state index contributed by atoms with van der Waals surface area (Å²) < 4.78 is 6.05. The fraction of sp³-hybridized carbons (Fsp3) is 0.333. The van der Waals surface area contributed by atoms with Crippen LogP contribution in [0.1, 0.15) is 48.8 Å². The van der Waals surface area contributed by atoms with E-state index in [1.807, 2.05) is 42.5 Å². The number of ether oxygens (including phenoxy) is 1. The highest BCUT2D eigenvalue weighted by atomic mass is 35.5. The quantitative estimate of drug-likeness (QED) is 0.320. The zero-order chi connectivity index (χ0) is 23.6. The Morgan fingerprint density at radius 2 is 1.40 bits per heavy atom. The van der Waals surface area contributed by atoms with Crippen LogP contribution in [0.2, 0.25) is 0 Å². The molecule has 3 aromatic carbocycles. The number of benzene rings is 3. The molecule has 1 aliphatic rings. The minimum Gasteiger partial charge on any atom is -0.508 e. The van der Waals surface area contributed by atoms with Crippen molar-refractivity contribution in [1.82, 2.24) is 4.90 Å². The van der Waals surface area contributed by atoms with Gasteiger partial charge in [-0.05, 0) is 90.9 Å². The largest absolute Gasteiger partial charge is 0.508 e. The van der Waals surface area contributed by atoms with E-state index >= 15 is 0 Å². The molecule has 0 aliphatic carbocycles. The second kappa shape index (κ2) is 13.9. The molecule has 1 heterocycles. The van der Waals surface area contributed by atoms with Crippen LogP contribution >= 0.6 is 12.4 Å². The molecule has 0 atom stereocenters. The van der Waals surface area contributed by atoms with Gasteiger partial charge in [-0.2, -0.15) is 0 Å². The van der Waals surface area contributed by atoms with E-state index in [4.69, 9.17) is 4.74 Å². The Morgan fingerprint density at radius 1 is 0.771 bits per heavy atom. The Bertz CT molecular complexity index is 1040. The summed E-state index contributed by atoms with van der Waals surface area (Å²) in [5.74, 6) is 1.12. The predicted molar refractivity (Wildman–Crippen MR) is 146 cm³/mol. The second-order valence-electron chi connectivity index (χ2n) is 8.87. The number of aliphatic hydroxyl groups is 1. The van der Waals surface area contributed by atoms with E-state index in [2.05, 4.69) is 29.2 Å². The van der Waals surface area contributed by atoms with Crippen molar-refractivity contribution >= 4 is 23.6 Å². The summed E-state index contributed by atoms with van der Waals surface area (Å²) in [6, 6.07) is 26.0. The Balaban J connectivity index is 0.00000342. The number of halogens is 1. The molecule has 3 aromatic rings. The number of nitrogens with zero attached hydrogens (tertiary/aromatic N) is 1. The first-order chi connectivity index (χ1) is 16.7. The lowest BCUT2D eigenvalue weighted by Gasteiger charge is -2.26. The van der Waals surface area contributed by atoms with Gasteiger partial charge in [-0.1, -0.05) is 61.0 Å².